The number of hydrogen-bond donors (Lipinski definition) is 1. The van der Waals surface area contributed by atoms with Crippen molar-refractivity contribution < 1.29 is 4.79 Å². The molecule has 1 amide bonds. The lowest BCUT2D eigenvalue weighted by Crippen LogP contribution is -2.42. The van der Waals surface area contributed by atoms with E-state index in [4.69, 9.17) is 11.6 Å². The fraction of sp³-hybridized carbons (Fsp3) is 0.222. The normalized spacial score (nSPS) is 20.2. The van der Waals surface area contributed by atoms with Crippen LogP contribution in [0, 0.1) is 0 Å². The molecule has 0 aliphatic carbocycles. The Labute approximate surface area is 150 Å². The van der Waals surface area contributed by atoms with Crippen molar-refractivity contribution in [2.75, 3.05) is 11.7 Å². The van der Waals surface area contributed by atoms with Crippen molar-refractivity contribution in [3.8, 4) is 0 Å². The molecule has 1 atom stereocenters. The molecule has 0 saturated carbocycles. The number of benzene rings is 2. The molecule has 0 unspecified atom stereocenters. The highest BCUT2D eigenvalue weighted by Crippen LogP contribution is 2.35. The van der Waals surface area contributed by atoms with Gasteiger partial charge in [-0.05, 0) is 36.4 Å². The monoisotopic (exact) mass is 359 g/mol. The summed E-state index contributed by atoms with van der Waals surface area (Å²) >= 11 is 7.28. The van der Waals surface area contributed by atoms with E-state index in [1.807, 2.05) is 67.8 Å². The Bertz CT molecular complexity index is 764. The Morgan fingerprint density at radius 1 is 1.17 bits per heavy atom. The van der Waals surface area contributed by atoms with E-state index < -0.39 is 5.54 Å². The molecule has 3 rings (SSSR count). The second-order valence-corrected chi connectivity index (χ2v) is 6.66. The standard InChI is InChI=1S/C18H18ClN3OS/c1-18(14-10-8-13(12-19)9-11-14)16(23)22(17(20-18)24-2)21-15-6-4-3-5-7-15/h3-11,21H,12H2,1-2H3/t18-/m1/s1. The molecule has 0 saturated heterocycles. The molecule has 0 aromatic heterocycles. The maximum atomic E-state index is 13.1. The van der Waals surface area contributed by atoms with Crippen LogP contribution in [0.5, 0.6) is 0 Å². The minimum absolute atomic E-state index is 0.102. The van der Waals surface area contributed by atoms with Gasteiger partial charge in [0.15, 0.2) is 10.7 Å². The lowest BCUT2D eigenvalue weighted by Gasteiger charge is -2.24. The summed E-state index contributed by atoms with van der Waals surface area (Å²) in [5.74, 6) is 0.348. The number of amides is 1. The zero-order valence-electron chi connectivity index (χ0n) is 13.5. The maximum Gasteiger partial charge on any atom is 0.279 e. The quantitative estimate of drug-likeness (QED) is 0.831. The number of nitrogens with zero attached hydrogens (tertiary/aromatic N) is 2. The molecule has 4 nitrogen and oxygen atoms in total. The van der Waals surface area contributed by atoms with Crippen molar-refractivity contribution in [2.45, 2.75) is 18.3 Å². The predicted molar refractivity (Wildman–Crippen MR) is 101 cm³/mol. The van der Waals surface area contributed by atoms with Gasteiger partial charge in [0.25, 0.3) is 5.91 Å². The highest BCUT2D eigenvalue weighted by atomic mass is 35.5. The van der Waals surface area contributed by atoms with E-state index in [2.05, 4.69) is 10.4 Å². The predicted octanol–water partition coefficient (Wildman–Crippen LogP) is 4.23. The lowest BCUT2D eigenvalue weighted by atomic mass is 9.92. The van der Waals surface area contributed by atoms with E-state index in [-0.39, 0.29) is 5.91 Å². The van der Waals surface area contributed by atoms with Gasteiger partial charge in [0.2, 0.25) is 0 Å². The van der Waals surface area contributed by atoms with E-state index in [0.717, 1.165) is 16.8 Å². The van der Waals surface area contributed by atoms with E-state index in [1.54, 1.807) is 0 Å². The molecule has 0 bridgehead atoms. The van der Waals surface area contributed by atoms with Crippen molar-refractivity contribution in [3.63, 3.8) is 0 Å². The van der Waals surface area contributed by atoms with Gasteiger partial charge in [-0.15, -0.1) is 11.6 Å². The topological polar surface area (TPSA) is 44.7 Å². The van der Waals surface area contributed by atoms with E-state index >= 15 is 0 Å². The maximum absolute atomic E-state index is 13.1. The van der Waals surface area contributed by atoms with Crippen LogP contribution >= 0.6 is 23.4 Å². The summed E-state index contributed by atoms with van der Waals surface area (Å²) in [6, 6.07) is 17.3. The van der Waals surface area contributed by atoms with Gasteiger partial charge >= 0.3 is 0 Å². The summed E-state index contributed by atoms with van der Waals surface area (Å²) in [6.07, 6.45) is 1.91. The molecular formula is C18H18ClN3OS. The fourth-order valence-corrected chi connectivity index (χ4v) is 3.34. The SMILES string of the molecule is CSC1=N[C@](C)(c2ccc(CCl)cc2)C(=O)N1Nc1ccccc1. The summed E-state index contributed by atoms with van der Waals surface area (Å²) in [5.41, 5.74) is 4.92. The number of amidine groups is 1. The molecule has 124 valence electrons. The first-order valence-electron chi connectivity index (χ1n) is 7.54. The molecule has 1 aliphatic heterocycles. The van der Waals surface area contributed by atoms with E-state index in [0.29, 0.717) is 11.0 Å². The van der Waals surface area contributed by atoms with Crippen molar-refractivity contribution in [3.05, 3.63) is 65.7 Å². The number of aliphatic imine (C=N–C) groups is 1. The number of alkyl halides is 1. The second kappa shape index (κ2) is 6.87. The Balaban J connectivity index is 1.92. The van der Waals surface area contributed by atoms with Crippen LogP contribution in [0.15, 0.2) is 59.6 Å². The first-order valence-corrected chi connectivity index (χ1v) is 9.30. The summed E-state index contributed by atoms with van der Waals surface area (Å²) < 4.78 is 0. The summed E-state index contributed by atoms with van der Waals surface area (Å²) in [4.78, 5) is 17.7. The Kier molecular flexibility index (Phi) is 4.83. The Morgan fingerprint density at radius 3 is 2.42 bits per heavy atom. The molecule has 2 aromatic rings. The van der Waals surface area contributed by atoms with Crippen molar-refractivity contribution in [1.29, 1.82) is 0 Å². The Hall–Kier alpha value is -1.98. The highest BCUT2D eigenvalue weighted by molar-refractivity contribution is 8.13. The van der Waals surface area contributed by atoms with Crippen molar-refractivity contribution in [1.82, 2.24) is 5.01 Å². The van der Waals surface area contributed by atoms with Crippen LogP contribution < -0.4 is 5.43 Å². The number of rotatable bonds is 4. The summed E-state index contributed by atoms with van der Waals surface area (Å²) in [5, 5.41) is 2.17. The molecule has 0 spiro atoms. The minimum Gasteiger partial charge on any atom is -0.289 e. The van der Waals surface area contributed by atoms with E-state index in [9.17, 15) is 4.79 Å². The van der Waals surface area contributed by atoms with Crippen LogP contribution in [-0.4, -0.2) is 22.3 Å². The number of para-hydroxylation sites is 1. The molecule has 24 heavy (non-hydrogen) atoms. The van der Waals surface area contributed by atoms with Crippen LogP contribution in [-0.2, 0) is 16.2 Å². The molecule has 1 heterocycles. The minimum atomic E-state index is -0.940. The zero-order chi connectivity index (χ0) is 17.2. The molecule has 0 radical (unpaired) electrons. The van der Waals surface area contributed by atoms with Crippen LogP contribution in [0.4, 0.5) is 5.69 Å². The average molecular weight is 360 g/mol. The van der Waals surface area contributed by atoms with Gasteiger partial charge in [0.05, 0.1) is 5.69 Å². The molecule has 2 aromatic carbocycles. The number of halogens is 1. The van der Waals surface area contributed by atoms with Crippen molar-refractivity contribution >= 4 is 40.1 Å². The first kappa shape index (κ1) is 16.9. The summed E-state index contributed by atoms with van der Waals surface area (Å²) in [7, 11) is 0. The molecule has 1 aliphatic rings. The third-order valence-electron chi connectivity index (χ3n) is 4.00. The third kappa shape index (κ3) is 3.01. The van der Waals surface area contributed by atoms with Gasteiger partial charge in [-0.2, -0.15) is 5.01 Å². The smallest absolute Gasteiger partial charge is 0.279 e. The number of carbonyl (C=O) groups is 1. The van der Waals surface area contributed by atoms with Gasteiger partial charge in [-0.3, -0.25) is 10.2 Å². The van der Waals surface area contributed by atoms with Gasteiger partial charge in [-0.1, -0.05) is 54.2 Å². The highest BCUT2D eigenvalue weighted by Gasteiger charge is 2.46. The van der Waals surface area contributed by atoms with Gasteiger partial charge < -0.3 is 0 Å². The Morgan fingerprint density at radius 2 is 1.83 bits per heavy atom. The van der Waals surface area contributed by atoms with Gasteiger partial charge in [0.1, 0.15) is 0 Å². The molecule has 6 heteroatoms. The fourth-order valence-electron chi connectivity index (χ4n) is 2.58. The van der Waals surface area contributed by atoms with Crippen LogP contribution in [0.3, 0.4) is 0 Å². The second-order valence-electron chi connectivity index (χ2n) is 5.62. The average Bonchev–Trinajstić information content (AvgIpc) is 2.88. The summed E-state index contributed by atoms with van der Waals surface area (Å²) in [6.45, 7) is 1.84. The molecular weight excluding hydrogens is 342 g/mol. The van der Waals surface area contributed by atoms with Crippen molar-refractivity contribution in [2.24, 2.45) is 4.99 Å². The van der Waals surface area contributed by atoms with Gasteiger partial charge in [0, 0.05) is 5.88 Å². The number of hydrazine groups is 1. The number of hydrogen-bond acceptors (Lipinski definition) is 4. The van der Waals surface area contributed by atoms with Crippen LogP contribution in [0.25, 0.3) is 0 Å². The molecule has 1 N–H and O–H groups in total. The number of thioether (sulfide) groups is 1. The van der Waals surface area contributed by atoms with Crippen LogP contribution in [0.1, 0.15) is 18.1 Å². The number of carbonyl (C=O) groups excluding carboxylic acids is 1. The van der Waals surface area contributed by atoms with Gasteiger partial charge in [-0.25, -0.2) is 4.99 Å². The first-order chi connectivity index (χ1) is 11.6. The number of nitrogens with one attached hydrogen (secondary N) is 1. The largest absolute Gasteiger partial charge is 0.289 e. The zero-order valence-corrected chi connectivity index (χ0v) is 15.1. The van der Waals surface area contributed by atoms with E-state index in [1.165, 1.54) is 16.8 Å². The molecule has 0 fully saturated rings. The number of anilines is 1. The lowest BCUT2D eigenvalue weighted by molar-refractivity contribution is -0.129. The van der Waals surface area contributed by atoms with Crippen LogP contribution in [0.2, 0.25) is 0 Å². The third-order valence-corrected chi connectivity index (χ3v) is 4.95.